The number of carbonyl (C=O) groups is 2. The van der Waals surface area contributed by atoms with E-state index in [4.69, 9.17) is 10.2 Å². The van der Waals surface area contributed by atoms with Gasteiger partial charge in [0.1, 0.15) is 0 Å². The maximum absolute atomic E-state index is 10.4. The van der Waals surface area contributed by atoms with Gasteiger partial charge in [0.15, 0.2) is 5.69 Å². The lowest BCUT2D eigenvalue weighted by Gasteiger charge is -1.97. The second-order valence-corrected chi connectivity index (χ2v) is 2.01. The highest BCUT2D eigenvalue weighted by Crippen LogP contribution is 2.04. The van der Waals surface area contributed by atoms with E-state index in [9.17, 15) is 9.59 Å². The van der Waals surface area contributed by atoms with E-state index in [1.165, 1.54) is 18.3 Å². The normalized spacial score (nSPS) is 8.62. The number of carboxylic acid groups (broad SMARTS) is 2. The Kier molecular flexibility index (Phi) is 4.36. The second kappa shape index (κ2) is 4.78. The predicted octanol–water partition coefficient (Wildman–Crippen LogP) is -0.438. The molecule has 0 aliphatic carbocycles. The zero-order valence-corrected chi connectivity index (χ0v) is 5.89. The van der Waals surface area contributed by atoms with Crippen molar-refractivity contribution in [3.63, 3.8) is 0 Å². The van der Waals surface area contributed by atoms with E-state index in [1.807, 2.05) is 0 Å². The molecule has 0 aliphatic heterocycles. The fourth-order valence-corrected chi connectivity index (χ4v) is 0.748. The van der Waals surface area contributed by atoms with Crippen LogP contribution in [0.25, 0.3) is 0 Å². The van der Waals surface area contributed by atoms with Crippen LogP contribution in [0.3, 0.4) is 0 Å². The minimum atomic E-state index is -1.34. The average Bonchev–Trinajstić information content (AvgIpc) is 2.04. The van der Waals surface area contributed by atoms with Crippen molar-refractivity contribution in [3.8, 4) is 0 Å². The summed E-state index contributed by atoms with van der Waals surface area (Å²) in [5, 5.41) is 17.0. The van der Waals surface area contributed by atoms with E-state index >= 15 is 0 Å². The molecule has 2 N–H and O–H groups in total. The van der Waals surface area contributed by atoms with E-state index < -0.39 is 17.6 Å². The van der Waals surface area contributed by atoms with Crippen molar-refractivity contribution in [3.05, 3.63) is 29.6 Å². The second-order valence-electron chi connectivity index (χ2n) is 2.01. The van der Waals surface area contributed by atoms with Gasteiger partial charge in [0, 0.05) is 6.20 Å². The zero-order chi connectivity index (χ0) is 9.14. The first-order valence-corrected chi connectivity index (χ1v) is 3.04. The minimum Gasteiger partial charge on any atom is -0.478 e. The smallest absolute Gasteiger partial charge is 0.355 e. The van der Waals surface area contributed by atoms with Gasteiger partial charge in [-0.25, -0.2) is 14.6 Å². The Bertz CT molecular complexity index is 306. The predicted molar refractivity (Wildman–Crippen MR) is 46.7 cm³/mol. The van der Waals surface area contributed by atoms with Crippen LogP contribution in [-0.2, 0) is 0 Å². The lowest BCUT2D eigenvalue weighted by molar-refractivity contribution is 0.0646. The Morgan fingerprint density at radius 1 is 1.23 bits per heavy atom. The van der Waals surface area contributed by atoms with E-state index in [0.717, 1.165) is 0 Å². The number of carboxylic acids is 2. The molecule has 1 rings (SSSR count). The van der Waals surface area contributed by atoms with E-state index in [1.54, 1.807) is 0 Å². The lowest BCUT2D eigenvalue weighted by Crippen LogP contribution is -2.09. The van der Waals surface area contributed by atoms with Gasteiger partial charge < -0.3 is 10.2 Å². The third-order valence-electron chi connectivity index (χ3n) is 1.24. The summed E-state index contributed by atoms with van der Waals surface area (Å²) in [6.07, 6.45) is 1.23. The van der Waals surface area contributed by atoms with Gasteiger partial charge >= 0.3 is 35.0 Å². The van der Waals surface area contributed by atoms with Crippen LogP contribution in [0.1, 0.15) is 20.8 Å². The summed E-state index contributed by atoms with van der Waals surface area (Å²) in [4.78, 5) is 24.2. The molecule has 0 amide bonds. The van der Waals surface area contributed by atoms with Crippen LogP contribution in [0.15, 0.2) is 18.3 Å². The first-order chi connectivity index (χ1) is 5.63. The molecule has 1 aromatic heterocycles. The molecular formula is C7H7MgNO4. The van der Waals surface area contributed by atoms with Crippen molar-refractivity contribution in [2.24, 2.45) is 0 Å². The maximum Gasteiger partial charge on any atom is 0.355 e. The molecule has 0 atom stereocenters. The van der Waals surface area contributed by atoms with Gasteiger partial charge in [-0.15, -0.1) is 0 Å². The van der Waals surface area contributed by atoms with Gasteiger partial charge in [0.25, 0.3) is 0 Å². The maximum atomic E-state index is 10.4. The van der Waals surface area contributed by atoms with Crippen LogP contribution in [-0.4, -0.2) is 50.2 Å². The van der Waals surface area contributed by atoms with Crippen molar-refractivity contribution >= 4 is 35.0 Å². The van der Waals surface area contributed by atoms with Crippen LogP contribution in [0.4, 0.5) is 0 Å². The van der Waals surface area contributed by atoms with Crippen molar-refractivity contribution in [1.82, 2.24) is 4.98 Å². The minimum absolute atomic E-state index is 0. The average molecular weight is 193 g/mol. The lowest BCUT2D eigenvalue weighted by atomic mass is 10.2. The van der Waals surface area contributed by atoms with E-state index in [-0.39, 0.29) is 28.6 Å². The fraction of sp³-hybridized carbons (Fsp3) is 0. The first kappa shape index (κ1) is 11.9. The van der Waals surface area contributed by atoms with Crippen molar-refractivity contribution in [2.45, 2.75) is 0 Å². The summed E-state index contributed by atoms with van der Waals surface area (Å²) >= 11 is 0. The molecule has 0 saturated carbocycles. The highest BCUT2D eigenvalue weighted by molar-refractivity contribution is 5.99. The molecule has 66 valence electrons. The standard InChI is InChI=1S/C7H5NO4.Mg.2H/c9-6(10)4-2-1-3-8-5(4)7(11)12;;;/h1-3H,(H,9,10)(H,11,12);;;. The van der Waals surface area contributed by atoms with Crippen LogP contribution in [0.2, 0.25) is 0 Å². The summed E-state index contributed by atoms with van der Waals surface area (Å²) in [5.74, 6) is -2.63. The molecule has 1 heterocycles. The van der Waals surface area contributed by atoms with Crippen molar-refractivity contribution < 1.29 is 19.8 Å². The van der Waals surface area contributed by atoms with E-state index in [2.05, 4.69) is 4.98 Å². The Hall–Kier alpha value is -1.14. The third-order valence-corrected chi connectivity index (χ3v) is 1.24. The molecule has 0 aliphatic rings. The molecular weight excluding hydrogens is 186 g/mol. The number of aromatic carboxylic acids is 2. The number of nitrogens with zero attached hydrogens (tertiary/aromatic N) is 1. The van der Waals surface area contributed by atoms with Gasteiger partial charge in [-0.05, 0) is 12.1 Å². The summed E-state index contributed by atoms with van der Waals surface area (Å²) in [5.41, 5.74) is -0.741. The Morgan fingerprint density at radius 3 is 2.23 bits per heavy atom. The summed E-state index contributed by atoms with van der Waals surface area (Å²) < 4.78 is 0. The van der Waals surface area contributed by atoms with Gasteiger partial charge in [0.2, 0.25) is 0 Å². The van der Waals surface area contributed by atoms with Gasteiger partial charge in [0.05, 0.1) is 5.56 Å². The molecule has 5 nitrogen and oxygen atoms in total. The number of pyridine rings is 1. The highest BCUT2D eigenvalue weighted by atomic mass is 24.3. The molecule has 0 unspecified atom stereocenters. The number of rotatable bonds is 2. The Morgan fingerprint density at radius 2 is 1.85 bits per heavy atom. The van der Waals surface area contributed by atoms with Crippen LogP contribution in [0, 0.1) is 0 Å². The number of hydrogen-bond acceptors (Lipinski definition) is 3. The van der Waals surface area contributed by atoms with Gasteiger partial charge in [-0.1, -0.05) is 0 Å². The molecule has 0 bridgehead atoms. The molecule has 13 heavy (non-hydrogen) atoms. The molecule has 6 heteroatoms. The molecule has 0 saturated heterocycles. The molecule has 0 fully saturated rings. The number of hydrogen-bond donors (Lipinski definition) is 2. The summed E-state index contributed by atoms with van der Waals surface area (Å²) in [6, 6.07) is 2.56. The summed E-state index contributed by atoms with van der Waals surface area (Å²) in [7, 11) is 0. The molecule has 0 radical (unpaired) electrons. The van der Waals surface area contributed by atoms with Crippen molar-refractivity contribution in [2.75, 3.05) is 0 Å². The first-order valence-electron chi connectivity index (χ1n) is 3.04. The van der Waals surface area contributed by atoms with Crippen molar-refractivity contribution in [1.29, 1.82) is 0 Å². The van der Waals surface area contributed by atoms with E-state index in [0.29, 0.717) is 0 Å². The van der Waals surface area contributed by atoms with Gasteiger partial charge in [-0.2, -0.15) is 0 Å². The van der Waals surface area contributed by atoms with Crippen LogP contribution >= 0.6 is 0 Å². The molecule has 0 spiro atoms. The number of aromatic nitrogens is 1. The molecule has 0 aromatic carbocycles. The zero-order valence-electron chi connectivity index (χ0n) is 5.89. The summed E-state index contributed by atoms with van der Waals surface area (Å²) in [6.45, 7) is 0. The Balaban J connectivity index is 0.00000144. The highest BCUT2D eigenvalue weighted by Gasteiger charge is 2.15. The topological polar surface area (TPSA) is 87.5 Å². The Labute approximate surface area is 89.6 Å². The van der Waals surface area contributed by atoms with Gasteiger partial charge in [-0.3, -0.25) is 0 Å². The third kappa shape index (κ3) is 2.67. The fourth-order valence-electron chi connectivity index (χ4n) is 0.748. The largest absolute Gasteiger partial charge is 0.478 e. The quantitative estimate of drug-likeness (QED) is 0.622. The van der Waals surface area contributed by atoms with Crippen LogP contribution < -0.4 is 0 Å². The monoisotopic (exact) mass is 193 g/mol. The SMILES string of the molecule is O=C(O)c1cccnc1C(=O)O.[MgH2]. The van der Waals surface area contributed by atoms with Crippen LogP contribution in [0.5, 0.6) is 0 Å². The molecule has 1 aromatic rings.